The molecule has 0 aliphatic heterocycles. The second-order valence-electron chi connectivity index (χ2n) is 5.98. The molecule has 0 aliphatic rings. The van der Waals surface area contributed by atoms with Crippen LogP contribution in [-0.4, -0.2) is 35.4 Å². The summed E-state index contributed by atoms with van der Waals surface area (Å²) in [5.41, 5.74) is 0.0720. The summed E-state index contributed by atoms with van der Waals surface area (Å²) in [5.74, 6) is -0.580. The van der Waals surface area contributed by atoms with E-state index in [1.54, 1.807) is 38.2 Å². The molecule has 2 N–H and O–H groups in total. The maximum Gasteiger partial charge on any atom is 0.243 e. The van der Waals surface area contributed by atoms with Crippen molar-refractivity contribution in [1.82, 2.24) is 4.90 Å². The number of benzene rings is 2. The van der Waals surface area contributed by atoms with Crippen molar-refractivity contribution in [2.75, 3.05) is 18.9 Å². The van der Waals surface area contributed by atoms with Gasteiger partial charge in [-0.3, -0.25) is 9.59 Å². The Morgan fingerprint density at radius 1 is 1.04 bits per heavy atom. The Balaban J connectivity index is 1.91. The molecule has 2 amide bonds. The third-order valence-electron chi connectivity index (χ3n) is 3.76. The molecule has 5 heteroatoms. The van der Waals surface area contributed by atoms with Crippen molar-refractivity contribution in [1.29, 1.82) is 0 Å². The van der Waals surface area contributed by atoms with Gasteiger partial charge in [-0.05, 0) is 24.6 Å². The molecule has 0 heterocycles. The zero-order chi connectivity index (χ0) is 17.6. The Hall–Kier alpha value is -2.66. The van der Waals surface area contributed by atoms with Gasteiger partial charge in [-0.2, -0.15) is 0 Å². The lowest BCUT2D eigenvalue weighted by Crippen LogP contribution is -2.38. The maximum atomic E-state index is 12.3. The van der Waals surface area contributed by atoms with Gasteiger partial charge in [0.1, 0.15) is 0 Å². The van der Waals surface area contributed by atoms with E-state index in [0.29, 0.717) is 11.3 Å². The Bertz CT molecular complexity index is 684. The van der Waals surface area contributed by atoms with E-state index in [-0.39, 0.29) is 24.8 Å². The van der Waals surface area contributed by atoms with Crippen molar-refractivity contribution >= 4 is 17.5 Å². The highest BCUT2D eigenvalue weighted by Crippen LogP contribution is 2.24. The van der Waals surface area contributed by atoms with Crippen molar-refractivity contribution in [2.45, 2.75) is 18.9 Å². The lowest BCUT2D eigenvalue weighted by Gasteiger charge is -2.26. The van der Waals surface area contributed by atoms with Crippen molar-refractivity contribution in [2.24, 2.45) is 0 Å². The highest BCUT2D eigenvalue weighted by molar-refractivity contribution is 5.94. The summed E-state index contributed by atoms with van der Waals surface area (Å²) in [5, 5.41) is 13.3. The third kappa shape index (κ3) is 4.93. The third-order valence-corrected chi connectivity index (χ3v) is 3.76. The van der Waals surface area contributed by atoms with Gasteiger partial charge in [0.25, 0.3) is 0 Å². The summed E-state index contributed by atoms with van der Waals surface area (Å²) in [4.78, 5) is 25.6. The Kier molecular flexibility index (Phi) is 5.71. The number of anilines is 1. The summed E-state index contributed by atoms with van der Waals surface area (Å²) in [6.45, 7) is 1.52. The zero-order valence-electron chi connectivity index (χ0n) is 13.9. The van der Waals surface area contributed by atoms with Gasteiger partial charge in [0, 0.05) is 12.7 Å². The van der Waals surface area contributed by atoms with Gasteiger partial charge in [0.05, 0.1) is 18.6 Å². The molecule has 24 heavy (non-hydrogen) atoms. The van der Waals surface area contributed by atoms with Crippen LogP contribution in [0.25, 0.3) is 0 Å². The molecule has 0 saturated carbocycles. The topological polar surface area (TPSA) is 69.6 Å². The quantitative estimate of drug-likeness (QED) is 0.856. The zero-order valence-corrected chi connectivity index (χ0v) is 13.9. The highest BCUT2D eigenvalue weighted by Gasteiger charge is 2.28. The van der Waals surface area contributed by atoms with E-state index in [1.165, 1.54) is 4.90 Å². The largest absolute Gasteiger partial charge is 0.385 e. The number of carbonyl (C=O) groups is 2. The molecule has 0 bridgehead atoms. The molecule has 5 nitrogen and oxygen atoms in total. The van der Waals surface area contributed by atoms with Crippen molar-refractivity contribution in [3.05, 3.63) is 66.2 Å². The number of likely N-dealkylation sites (N-methyl/N-ethyl adjacent to an activating group) is 1. The molecule has 126 valence electrons. The normalized spacial score (nSPS) is 13.0. The number of rotatable bonds is 6. The van der Waals surface area contributed by atoms with Gasteiger partial charge in [0.2, 0.25) is 11.8 Å². The number of carbonyl (C=O) groups excluding carboxylic acids is 2. The number of aliphatic hydroxyl groups is 1. The standard InChI is InChI=1S/C19H22N2O3/c1-19(24,15-9-5-3-6-10-15)13-18(23)21(2)14-17(22)20-16-11-7-4-8-12-16/h3-12,24H,13-14H2,1-2H3,(H,20,22). The van der Waals surface area contributed by atoms with Crippen LogP contribution in [0.2, 0.25) is 0 Å². The summed E-state index contributed by atoms with van der Waals surface area (Å²) < 4.78 is 0. The van der Waals surface area contributed by atoms with Crippen LogP contribution in [0.3, 0.4) is 0 Å². The lowest BCUT2D eigenvalue weighted by molar-refractivity contribution is -0.137. The first kappa shape index (κ1) is 17.7. The number of hydrogen-bond donors (Lipinski definition) is 2. The van der Waals surface area contributed by atoms with Gasteiger partial charge in [-0.15, -0.1) is 0 Å². The van der Waals surface area contributed by atoms with Gasteiger partial charge in [-0.25, -0.2) is 0 Å². The minimum Gasteiger partial charge on any atom is -0.385 e. The summed E-state index contributed by atoms with van der Waals surface area (Å²) in [7, 11) is 1.55. The number of para-hydroxylation sites is 1. The molecule has 0 fully saturated rings. The smallest absolute Gasteiger partial charge is 0.243 e. The lowest BCUT2D eigenvalue weighted by atomic mass is 9.92. The second kappa shape index (κ2) is 7.75. The van der Waals surface area contributed by atoms with E-state index >= 15 is 0 Å². The summed E-state index contributed by atoms with van der Waals surface area (Å²) >= 11 is 0. The molecular weight excluding hydrogens is 304 g/mol. The van der Waals surface area contributed by atoms with Crippen LogP contribution < -0.4 is 5.32 Å². The molecule has 0 aromatic heterocycles. The summed E-state index contributed by atoms with van der Waals surface area (Å²) in [6, 6.07) is 18.1. The molecule has 0 radical (unpaired) electrons. The Morgan fingerprint density at radius 2 is 1.58 bits per heavy atom. The molecule has 2 aromatic rings. The minimum atomic E-state index is -1.28. The number of amides is 2. The average molecular weight is 326 g/mol. The second-order valence-corrected chi connectivity index (χ2v) is 5.98. The highest BCUT2D eigenvalue weighted by atomic mass is 16.3. The van der Waals surface area contributed by atoms with Crippen LogP contribution in [0.4, 0.5) is 5.69 Å². The maximum absolute atomic E-state index is 12.3. The van der Waals surface area contributed by atoms with Crippen molar-refractivity contribution in [3.8, 4) is 0 Å². The van der Waals surface area contributed by atoms with E-state index in [1.807, 2.05) is 36.4 Å². The van der Waals surface area contributed by atoms with E-state index in [9.17, 15) is 14.7 Å². The Morgan fingerprint density at radius 3 is 2.17 bits per heavy atom. The monoisotopic (exact) mass is 326 g/mol. The average Bonchev–Trinajstić information content (AvgIpc) is 2.56. The first-order valence-corrected chi connectivity index (χ1v) is 7.75. The van der Waals surface area contributed by atoms with Crippen LogP contribution in [0, 0.1) is 0 Å². The van der Waals surface area contributed by atoms with Crippen LogP contribution in [-0.2, 0) is 15.2 Å². The molecule has 1 unspecified atom stereocenters. The summed E-state index contributed by atoms with van der Waals surface area (Å²) in [6.07, 6.45) is -0.0911. The molecular formula is C19H22N2O3. The Labute approximate surface area is 141 Å². The number of nitrogens with zero attached hydrogens (tertiary/aromatic N) is 1. The minimum absolute atomic E-state index is 0.0708. The van der Waals surface area contributed by atoms with E-state index in [0.717, 1.165) is 0 Å². The van der Waals surface area contributed by atoms with E-state index in [4.69, 9.17) is 0 Å². The van der Waals surface area contributed by atoms with Gasteiger partial charge in [-0.1, -0.05) is 48.5 Å². The van der Waals surface area contributed by atoms with Crippen molar-refractivity contribution in [3.63, 3.8) is 0 Å². The van der Waals surface area contributed by atoms with Gasteiger partial charge >= 0.3 is 0 Å². The van der Waals surface area contributed by atoms with Crippen molar-refractivity contribution < 1.29 is 14.7 Å². The van der Waals surface area contributed by atoms with E-state index < -0.39 is 5.60 Å². The van der Waals surface area contributed by atoms with Crippen LogP contribution in [0.1, 0.15) is 18.9 Å². The number of nitrogens with one attached hydrogen (secondary N) is 1. The number of hydrogen-bond acceptors (Lipinski definition) is 3. The van der Waals surface area contributed by atoms with Crippen LogP contribution >= 0.6 is 0 Å². The van der Waals surface area contributed by atoms with Crippen LogP contribution in [0.15, 0.2) is 60.7 Å². The molecule has 2 aromatic carbocycles. The molecule has 0 spiro atoms. The first-order chi connectivity index (χ1) is 11.4. The van der Waals surface area contributed by atoms with Gasteiger partial charge in [0.15, 0.2) is 0 Å². The molecule has 0 saturated heterocycles. The van der Waals surface area contributed by atoms with E-state index in [2.05, 4.69) is 5.32 Å². The molecule has 1 atom stereocenters. The van der Waals surface area contributed by atoms with Crippen LogP contribution in [0.5, 0.6) is 0 Å². The fourth-order valence-corrected chi connectivity index (χ4v) is 2.35. The SMILES string of the molecule is CN(CC(=O)Nc1ccccc1)C(=O)CC(C)(O)c1ccccc1. The van der Waals surface area contributed by atoms with Gasteiger partial charge < -0.3 is 15.3 Å². The molecule has 2 rings (SSSR count). The fraction of sp³-hybridized carbons (Fsp3) is 0.263. The first-order valence-electron chi connectivity index (χ1n) is 7.75. The fourth-order valence-electron chi connectivity index (χ4n) is 2.35. The predicted molar refractivity (Wildman–Crippen MR) is 93.3 cm³/mol. The molecule has 0 aliphatic carbocycles. The predicted octanol–water partition coefficient (Wildman–Crippen LogP) is 2.38.